The highest BCUT2D eigenvalue weighted by molar-refractivity contribution is 7.99. The molecule has 2 aliphatic rings. The first-order valence-electron chi connectivity index (χ1n) is 15.0. The molecule has 1 saturated heterocycles. The highest BCUT2D eigenvalue weighted by atomic mass is 32.2. The first-order valence-corrected chi connectivity index (χ1v) is 17.8. The van der Waals surface area contributed by atoms with E-state index in [4.69, 9.17) is 4.55 Å². The third-order valence-electron chi connectivity index (χ3n) is 7.98. The molecule has 2 fully saturated rings. The minimum absolute atomic E-state index is 0.0525. The highest BCUT2D eigenvalue weighted by Gasteiger charge is 2.44. The molecule has 0 bridgehead atoms. The first-order chi connectivity index (χ1) is 20.5. The van der Waals surface area contributed by atoms with Crippen LogP contribution in [-0.2, 0) is 14.9 Å². The predicted octanol–water partition coefficient (Wildman–Crippen LogP) is 4.21. The number of piperidine rings is 1. The molecule has 5 atom stereocenters. The molecule has 0 radical (unpaired) electrons. The molecule has 4 rings (SSSR count). The fourth-order valence-electron chi connectivity index (χ4n) is 5.91. The summed E-state index contributed by atoms with van der Waals surface area (Å²) in [6.07, 6.45) is 4.95. The van der Waals surface area contributed by atoms with Gasteiger partial charge in [0.25, 0.3) is 16.0 Å². The monoisotopic (exact) mass is 649 g/mol. The zero-order valence-corrected chi connectivity index (χ0v) is 27.8. The summed E-state index contributed by atoms with van der Waals surface area (Å²) in [4.78, 5) is 29.9. The van der Waals surface area contributed by atoms with Crippen molar-refractivity contribution in [2.45, 2.75) is 88.5 Å². The summed E-state index contributed by atoms with van der Waals surface area (Å²) in [7, 11) is -3.67. The number of amides is 2. The lowest BCUT2D eigenvalue weighted by Gasteiger charge is -2.48. The van der Waals surface area contributed by atoms with E-state index in [2.05, 4.69) is 10.6 Å². The molecule has 5 N–H and O–H groups in total. The van der Waals surface area contributed by atoms with Gasteiger partial charge >= 0.3 is 0 Å². The summed E-state index contributed by atoms with van der Waals surface area (Å²) >= 11 is 1.56. The predicted molar refractivity (Wildman–Crippen MR) is 173 cm³/mol. The van der Waals surface area contributed by atoms with E-state index in [1.807, 2.05) is 56.0 Å². The largest absolute Gasteiger partial charge is 0.508 e. The van der Waals surface area contributed by atoms with Gasteiger partial charge in [0.1, 0.15) is 12.0 Å². The molecule has 44 heavy (non-hydrogen) atoms. The van der Waals surface area contributed by atoms with Gasteiger partial charge in [-0.3, -0.25) is 19.0 Å². The second-order valence-corrected chi connectivity index (χ2v) is 15.4. The average molecular weight is 650 g/mol. The van der Waals surface area contributed by atoms with Crippen molar-refractivity contribution >= 4 is 33.7 Å². The second kappa shape index (κ2) is 15.6. The fourth-order valence-corrected chi connectivity index (χ4v) is 6.89. The third kappa shape index (κ3) is 11.1. The van der Waals surface area contributed by atoms with Crippen molar-refractivity contribution in [1.82, 2.24) is 15.5 Å². The number of aliphatic hydroxyl groups is 1. The third-order valence-corrected chi connectivity index (χ3v) is 9.11. The highest BCUT2D eigenvalue weighted by Crippen LogP contribution is 2.40. The summed E-state index contributed by atoms with van der Waals surface area (Å²) < 4.78 is 25.9. The number of nitrogens with zero attached hydrogens (tertiary/aromatic N) is 1. The lowest BCUT2D eigenvalue weighted by Crippen LogP contribution is -2.64. The smallest absolute Gasteiger partial charge is 0.261 e. The topological polar surface area (TPSA) is 156 Å². The van der Waals surface area contributed by atoms with Crippen molar-refractivity contribution in [3.05, 3.63) is 59.7 Å². The number of rotatable bonds is 8. The molecule has 0 spiro atoms. The lowest BCUT2D eigenvalue weighted by molar-refractivity contribution is -0.142. The Morgan fingerprint density at radius 1 is 1.05 bits per heavy atom. The molecule has 2 amide bonds. The van der Waals surface area contributed by atoms with Gasteiger partial charge in [0.15, 0.2) is 0 Å². The van der Waals surface area contributed by atoms with E-state index in [9.17, 15) is 28.2 Å². The van der Waals surface area contributed by atoms with E-state index < -0.39 is 28.4 Å². The maximum Gasteiger partial charge on any atom is 0.261 e. The van der Waals surface area contributed by atoms with Crippen LogP contribution >= 0.6 is 11.8 Å². The molecular formula is C32H47N3O7S2. The van der Waals surface area contributed by atoms with Crippen LogP contribution in [0.1, 0.15) is 68.8 Å². The van der Waals surface area contributed by atoms with Gasteiger partial charge in [0.05, 0.1) is 18.3 Å². The average Bonchev–Trinajstić information content (AvgIpc) is 2.94. The van der Waals surface area contributed by atoms with Crippen molar-refractivity contribution < 1.29 is 32.8 Å². The quantitative estimate of drug-likeness (QED) is 0.209. The maximum absolute atomic E-state index is 13.5. The van der Waals surface area contributed by atoms with Gasteiger partial charge < -0.3 is 20.8 Å². The number of phenolic OH excluding ortho intramolecular Hbond substituents is 1. The summed E-state index contributed by atoms with van der Waals surface area (Å²) in [5.74, 6) is 0.946. The second-order valence-electron chi connectivity index (χ2n) is 12.8. The van der Waals surface area contributed by atoms with E-state index in [1.165, 1.54) is 12.8 Å². The SMILES string of the molecule is CS(=O)(=O)O.Cc1c(O)cccc1C(=O)N[C@@H](CSc1ccccc1)[C@H](O)N1C[C@H]2CCCC[C@H]2C[C@H]1C(=O)NC(C)(C)C. The van der Waals surface area contributed by atoms with Crippen molar-refractivity contribution in [3.63, 3.8) is 0 Å². The van der Waals surface area contributed by atoms with Crippen LogP contribution < -0.4 is 10.6 Å². The molecule has 1 heterocycles. The van der Waals surface area contributed by atoms with E-state index in [0.29, 0.717) is 47.9 Å². The molecule has 2 aromatic rings. The molecule has 2 aromatic carbocycles. The van der Waals surface area contributed by atoms with Gasteiger partial charge in [-0.15, -0.1) is 11.8 Å². The molecule has 0 aromatic heterocycles. The van der Waals surface area contributed by atoms with Crippen LogP contribution in [0, 0.1) is 18.8 Å². The number of benzene rings is 2. The summed E-state index contributed by atoms with van der Waals surface area (Å²) in [5.41, 5.74) is 0.468. The Morgan fingerprint density at radius 3 is 2.27 bits per heavy atom. The van der Waals surface area contributed by atoms with Gasteiger partial charge in [-0.2, -0.15) is 8.42 Å². The van der Waals surface area contributed by atoms with Crippen LogP contribution in [0.5, 0.6) is 5.75 Å². The number of nitrogens with one attached hydrogen (secondary N) is 2. The van der Waals surface area contributed by atoms with E-state index in [1.54, 1.807) is 36.9 Å². The van der Waals surface area contributed by atoms with Crippen LogP contribution in [-0.4, -0.2) is 82.3 Å². The summed E-state index contributed by atoms with van der Waals surface area (Å²) in [5, 5.41) is 28.3. The fraction of sp³-hybridized carbons (Fsp3) is 0.562. The molecule has 12 heteroatoms. The minimum atomic E-state index is -3.67. The molecule has 1 aliphatic heterocycles. The number of carbonyl (C=O) groups is 2. The zero-order chi connectivity index (χ0) is 32.7. The van der Waals surface area contributed by atoms with Crippen LogP contribution in [0.4, 0.5) is 0 Å². The molecule has 1 saturated carbocycles. The number of hydrogen-bond acceptors (Lipinski definition) is 8. The molecular weight excluding hydrogens is 603 g/mol. The van der Waals surface area contributed by atoms with Gasteiger partial charge in [-0.1, -0.05) is 43.5 Å². The van der Waals surface area contributed by atoms with Gasteiger partial charge in [0, 0.05) is 33.9 Å². The van der Waals surface area contributed by atoms with E-state index >= 15 is 0 Å². The first kappa shape index (κ1) is 35.8. The molecule has 0 unspecified atom stereocenters. The van der Waals surface area contributed by atoms with Crippen LogP contribution in [0.3, 0.4) is 0 Å². The van der Waals surface area contributed by atoms with Crippen molar-refractivity contribution in [3.8, 4) is 5.75 Å². The number of phenols is 1. The Bertz CT molecular complexity index is 1360. The van der Waals surface area contributed by atoms with Crippen molar-refractivity contribution in [1.29, 1.82) is 0 Å². The molecule has 1 aliphatic carbocycles. The van der Waals surface area contributed by atoms with Gasteiger partial charge in [-0.05, 0) is 76.6 Å². The number of hydrogen-bond donors (Lipinski definition) is 5. The minimum Gasteiger partial charge on any atom is -0.508 e. The summed E-state index contributed by atoms with van der Waals surface area (Å²) in [6.45, 7) is 8.23. The Labute approximate surface area is 265 Å². The normalized spacial score (nSPS) is 22.0. The number of likely N-dealkylation sites (tertiary alicyclic amines) is 1. The van der Waals surface area contributed by atoms with Crippen LogP contribution in [0.15, 0.2) is 53.4 Å². The van der Waals surface area contributed by atoms with Gasteiger partial charge in [-0.25, -0.2) is 0 Å². The number of aliphatic hydroxyl groups excluding tert-OH is 1. The summed E-state index contributed by atoms with van der Waals surface area (Å²) in [6, 6.07) is 13.6. The maximum atomic E-state index is 13.5. The number of carbonyl (C=O) groups excluding carboxylic acids is 2. The Kier molecular flexibility index (Phi) is 12.7. The molecule has 244 valence electrons. The van der Waals surface area contributed by atoms with E-state index in [-0.39, 0.29) is 23.1 Å². The molecule has 10 nitrogen and oxygen atoms in total. The number of thioether (sulfide) groups is 1. The number of fused-ring (bicyclic) bond motifs is 1. The standard InChI is InChI=1S/C31H43N3O4S.CH4O3S/c1-20-24(15-10-16-27(20)35)28(36)32-25(19-39-23-13-6-5-7-14-23)30(38)34-18-22-12-9-8-11-21(22)17-26(34)29(37)33-31(2,3)4;1-5(2,3)4/h5-7,10,13-16,21-22,25-26,30,35,38H,8-9,11-12,17-19H2,1-4H3,(H,32,36)(H,33,37);1H3,(H,2,3,4)/t21-,22+,25-,26-,30-;/m0./s1. The van der Waals surface area contributed by atoms with E-state index in [0.717, 1.165) is 17.7 Å². The van der Waals surface area contributed by atoms with Gasteiger partial charge in [0.2, 0.25) is 5.91 Å². The zero-order valence-electron chi connectivity index (χ0n) is 26.2. The Morgan fingerprint density at radius 2 is 1.66 bits per heavy atom. The van der Waals surface area contributed by atoms with Crippen molar-refractivity contribution in [2.24, 2.45) is 11.8 Å². The lowest BCUT2D eigenvalue weighted by atomic mass is 9.72. The van der Waals surface area contributed by atoms with Crippen molar-refractivity contribution in [2.75, 3.05) is 18.6 Å². The Balaban J connectivity index is 0.000000978. The Hall–Kier alpha value is -2.64. The van der Waals surface area contributed by atoms with Crippen LogP contribution in [0.25, 0.3) is 0 Å². The number of aromatic hydroxyl groups is 1. The van der Waals surface area contributed by atoms with Crippen LogP contribution in [0.2, 0.25) is 0 Å².